The average Bonchev–Trinajstić information content (AvgIpc) is 2.11. The first-order chi connectivity index (χ1) is 7.23. The molecule has 0 aliphatic carbocycles. The van der Waals surface area contributed by atoms with Crippen molar-refractivity contribution in [1.82, 2.24) is 5.32 Å². The van der Waals surface area contributed by atoms with E-state index < -0.39 is 0 Å². The molecule has 2 N–H and O–H groups in total. The lowest BCUT2D eigenvalue weighted by molar-refractivity contribution is 0.0607. The van der Waals surface area contributed by atoms with Crippen LogP contribution in [0.25, 0.3) is 0 Å². The Morgan fingerprint density at radius 2 is 1.88 bits per heavy atom. The molecule has 2 unspecified atom stereocenters. The molecular formula is C14H29NO. The van der Waals surface area contributed by atoms with Gasteiger partial charge in [0.1, 0.15) is 0 Å². The molecule has 2 nitrogen and oxygen atoms in total. The predicted molar refractivity (Wildman–Crippen MR) is 71.6 cm³/mol. The second-order valence-electron chi connectivity index (χ2n) is 6.05. The van der Waals surface area contributed by atoms with Gasteiger partial charge in [-0.1, -0.05) is 32.4 Å². The number of aliphatic hydroxyl groups is 1. The van der Waals surface area contributed by atoms with E-state index in [1.165, 1.54) is 5.57 Å². The fourth-order valence-electron chi connectivity index (χ4n) is 1.34. The van der Waals surface area contributed by atoms with Crippen molar-refractivity contribution >= 4 is 0 Å². The minimum Gasteiger partial charge on any atom is -0.391 e. The Bertz CT molecular complexity index is 211. The van der Waals surface area contributed by atoms with E-state index in [-0.39, 0.29) is 11.5 Å². The van der Waals surface area contributed by atoms with E-state index >= 15 is 0 Å². The van der Waals surface area contributed by atoms with E-state index in [9.17, 15) is 5.11 Å². The lowest BCUT2D eigenvalue weighted by atomic mass is 9.89. The molecule has 0 spiro atoms. The number of allylic oxidation sites excluding steroid dienone is 2. The molecule has 0 rings (SSSR count). The zero-order chi connectivity index (χ0) is 12.8. The molecule has 0 aromatic heterocycles. The Balaban J connectivity index is 3.73. The first-order valence-electron chi connectivity index (χ1n) is 6.28. The molecule has 0 radical (unpaired) electrons. The van der Waals surface area contributed by atoms with Crippen LogP contribution in [-0.2, 0) is 0 Å². The van der Waals surface area contributed by atoms with Crippen molar-refractivity contribution in [3.8, 4) is 0 Å². The molecule has 2 atom stereocenters. The summed E-state index contributed by atoms with van der Waals surface area (Å²) in [4.78, 5) is 0. The van der Waals surface area contributed by atoms with Crippen LogP contribution < -0.4 is 5.32 Å². The van der Waals surface area contributed by atoms with Crippen molar-refractivity contribution in [2.75, 3.05) is 6.54 Å². The second-order valence-corrected chi connectivity index (χ2v) is 6.05. The quantitative estimate of drug-likeness (QED) is 0.683. The van der Waals surface area contributed by atoms with Crippen LogP contribution in [0.15, 0.2) is 11.6 Å². The Morgan fingerprint density at radius 3 is 2.31 bits per heavy atom. The van der Waals surface area contributed by atoms with Crippen molar-refractivity contribution in [2.24, 2.45) is 5.41 Å². The SMILES string of the molecule is CC(C)=CCCC(C)NCC(O)C(C)(C)C. The highest BCUT2D eigenvalue weighted by Crippen LogP contribution is 2.18. The summed E-state index contributed by atoms with van der Waals surface area (Å²) >= 11 is 0. The lowest BCUT2D eigenvalue weighted by Crippen LogP contribution is -2.40. The maximum absolute atomic E-state index is 9.87. The van der Waals surface area contributed by atoms with Gasteiger partial charge in [0, 0.05) is 12.6 Å². The first kappa shape index (κ1) is 15.7. The summed E-state index contributed by atoms with van der Waals surface area (Å²) in [6.07, 6.45) is 4.22. The number of rotatable bonds is 6. The van der Waals surface area contributed by atoms with Crippen molar-refractivity contribution in [3.63, 3.8) is 0 Å². The van der Waals surface area contributed by atoms with Crippen LogP contribution in [0, 0.1) is 5.41 Å². The maximum atomic E-state index is 9.87. The van der Waals surface area contributed by atoms with Gasteiger partial charge in [-0.3, -0.25) is 0 Å². The highest BCUT2D eigenvalue weighted by Gasteiger charge is 2.21. The van der Waals surface area contributed by atoms with Gasteiger partial charge in [0.2, 0.25) is 0 Å². The average molecular weight is 227 g/mol. The molecule has 16 heavy (non-hydrogen) atoms. The molecule has 0 bridgehead atoms. The molecule has 0 fully saturated rings. The normalized spacial score (nSPS) is 15.7. The van der Waals surface area contributed by atoms with Gasteiger partial charge < -0.3 is 10.4 Å². The Kier molecular flexibility index (Phi) is 6.93. The molecule has 0 aromatic rings. The fraction of sp³-hybridized carbons (Fsp3) is 0.857. The first-order valence-corrected chi connectivity index (χ1v) is 6.28. The van der Waals surface area contributed by atoms with Crippen LogP contribution in [0.1, 0.15) is 54.4 Å². The van der Waals surface area contributed by atoms with Crippen LogP contribution in [0.4, 0.5) is 0 Å². The van der Waals surface area contributed by atoms with Crippen LogP contribution in [-0.4, -0.2) is 23.8 Å². The third-order valence-electron chi connectivity index (χ3n) is 2.81. The van der Waals surface area contributed by atoms with Gasteiger partial charge in [0.05, 0.1) is 6.10 Å². The zero-order valence-electron chi connectivity index (χ0n) is 11.8. The Hall–Kier alpha value is -0.340. The van der Waals surface area contributed by atoms with Gasteiger partial charge in [-0.25, -0.2) is 0 Å². The molecule has 0 aliphatic heterocycles. The maximum Gasteiger partial charge on any atom is 0.0712 e. The van der Waals surface area contributed by atoms with Crippen molar-refractivity contribution < 1.29 is 5.11 Å². The molecule has 0 saturated heterocycles. The van der Waals surface area contributed by atoms with Gasteiger partial charge in [0.15, 0.2) is 0 Å². The molecular weight excluding hydrogens is 198 g/mol. The van der Waals surface area contributed by atoms with Crippen LogP contribution in [0.3, 0.4) is 0 Å². The second kappa shape index (κ2) is 7.08. The van der Waals surface area contributed by atoms with Crippen molar-refractivity contribution in [3.05, 3.63) is 11.6 Å². The van der Waals surface area contributed by atoms with Crippen LogP contribution in [0.5, 0.6) is 0 Å². The molecule has 0 aliphatic rings. The summed E-state index contributed by atoms with van der Waals surface area (Å²) < 4.78 is 0. The van der Waals surface area contributed by atoms with E-state index in [4.69, 9.17) is 0 Å². The standard InChI is InChI=1S/C14H29NO/c1-11(2)8-7-9-12(3)15-10-13(16)14(4,5)6/h8,12-13,15-16H,7,9-10H2,1-6H3. The van der Waals surface area contributed by atoms with Gasteiger partial charge in [-0.15, -0.1) is 0 Å². The van der Waals surface area contributed by atoms with Gasteiger partial charge in [-0.05, 0) is 39.0 Å². The molecule has 2 heteroatoms. The van der Waals surface area contributed by atoms with Crippen molar-refractivity contribution in [1.29, 1.82) is 0 Å². The third-order valence-corrected chi connectivity index (χ3v) is 2.81. The minimum absolute atomic E-state index is 0.0351. The number of hydrogen-bond acceptors (Lipinski definition) is 2. The van der Waals surface area contributed by atoms with E-state index in [1.807, 2.05) is 0 Å². The number of hydrogen-bond donors (Lipinski definition) is 2. The van der Waals surface area contributed by atoms with Crippen LogP contribution in [0.2, 0.25) is 0 Å². The van der Waals surface area contributed by atoms with E-state index in [2.05, 4.69) is 52.9 Å². The molecule has 0 amide bonds. The summed E-state index contributed by atoms with van der Waals surface area (Å²) in [6, 6.07) is 0.465. The number of nitrogens with one attached hydrogen (secondary N) is 1. The monoisotopic (exact) mass is 227 g/mol. The largest absolute Gasteiger partial charge is 0.391 e. The summed E-state index contributed by atoms with van der Waals surface area (Å²) in [6.45, 7) is 13.3. The number of aliphatic hydroxyl groups excluding tert-OH is 1. The summed E-state index contributed by atoms with van der Waals surface area (Å²) in [5, 5.41) is 13.3. The highest BCUT2D eigenvalue weighted by atomic mass is 16.3. The molecule has 0 heterocycles. The fourth-order valence-corrected chi connectivity index (χ4v) is 1.34. The van der Waals surface area contributed by atoms with Gasteiger partial charge >= 0.3 is 0 Å². The van der Waals surface area contributed by atoms with E-state index in [1.54, 1.807) is 0 Å². The summed E-state index contributed by atoms with van der Waals surface area (Å²) in [5.74, 6) is 0. The molecule has 96 valence electrons. The minimum atomic E-state index is -0.279. The Labute approximate surface area is 101 Å². The topological polar surface area (TPSA) is 32.3 Å². The van der Waals surface area contributed by atoms with Crippen molar-refractivity contribution in [2.45, 2.75) is 66.5 Å². The van der Waals surface area contributed by atoms with Gasteiger partial charge in [-0.2, -0.15) is 0 Å². The Morgan fingerprint density at radius 1 is 1.31 bits per heavy atom. The summed E-state index contributed by atoms with van der Waals surface area (Å²) in [7, 11) is 0. The molecule has 0 saturated carbocycles. The summed E-state index contributed by atoms with van der Waals surface area (Å²) in [5.41, 5.74) is 1.34. The smallest absolute Gasteiger partial charge is 0.0712 e. The highest BCUT2D eigenvalue weighted by molar-refractivity contribution is 4.93. The third kappa shape index (κ3) is 7.89. The van der Waals surface area contributed by atoms with E-state index in [0.29, 0.717) is 12.6 Å². The lowest BCUT2D eigenvalue weighted by Gasteiger charge is -2.27. The van der Waals surface area contributed by atoms with Gasteiger partial charge in [0.25, 0.3) is 0 Å². The van der Waals surface area contributed by atoms with Crippen LogP contribution >= 0.6 is 0 Å². The molecule has 0 aromatic carbocycles. The zero-order valence-corrected chi connectivity index (χ0v) is 11.8. The van der Waals surface area contributed by atoms with E-state index in [0.717, 1.165) is 12.8 Å². The predicted octanol–water partition coefficient (Wildman–Crippen LogP) is 3.12.